The largest absolute Gasteiger partial charge is 0.432 e. The molecule has 0 aromatic carbocycles. The highest BCUT2D eigenvalue weighted by atomic mass is 28.4. The average molecular weight is 300 g/mol. The lowest BCUT2D eigenvalue weighted by molar-refractivity contribution is -0.182. The van der Waals surface area contributed by atoms with Gasteiger partial charge >= 0.3 is 5.97 Å². The van der Waals surface area contributed by atoms with Gasteiger partial charge in [-0.25, -0.2) is 0 Å². The van der Waals surface area contributed by atoms with Gasteiger partial charge in [-0.3, -0.25) is 9.59 Å². The molecule has 0 aromatic heterocycles. The highest BCUT2D eigenvalue weighted by molar-refractivity contribution is 6.74. The number of carbonyl (C=O) groups excluding carboxylic acids is 2. The lowest BCUT2D eigenvalue weighted by Crippen LogP contribution is -2.45. The van der Waals surface area contributed by atoms with Crippen LogP contribution in [0.2, 0.25) is 18.1 Å². The first-order chi connectivity index (χ1) is 9.03. The first-order valence-electron chi connectivity index (χ1n) is 6.71. The van der Waals surface area contributed by atoms with Gasteiger partial charge < -0.3 is 13.9 Å². The van der Waals surface area contributed by atoms with Crippen molar-refractivity contribution in [2.24, 2.45) is 0 Å². The molecule has 0 aliphatic carbocycles. The molecule has 2 atom stereocenters. The van der Waals surface area contributed by atoms with Crippen molar-refractivity contribution in [2.45, 2.75) is 58.2 Å². The van der Waals surface area contributed by atoms with E-state index < -0.39 is 26.7 Å². The molecule has 1 aliphatic rings. The fraction of sp³-hybridized carbons (Fsp3) is 0.714. The van der Waals surface area contributed by atoms with E-state index in [1.54, 1.807) is 0 Å². The van der Waals surface area contributed by atoms with Crippen LogP contribution in [0.15, 0.2) is 12.2 Å². The Labute approximate surface area is 121 Å². The third kappa shape index (κ3) is 4.54. The van der Waals surface area contributed by atoms with E-state index in [1.807, 2.05) is 0 Å². The SMILES string of the molecule is CC(=O)OC1C=CC(=O)C(CO[Si](C)(C)C(C)(C)C)O1. The maximum atomic E-state index is 11.8. The fourth-order valence-electron chi connectivity index (χ4n) is 1.41. The first kappa shape index (κ1) is 17.1. The molecule has 1 aliphatic heterocycles. The van der Waals surface area contributed by atoms with Crippen LogP contribution in [-0.2, 0) is 23.5 Å². The molecule has 1 rings (SSSR count). The summed E-state index contributed by atoms with van der Waals surface area (Å²) in [6.45, 7) is 12.1. The van der Waals surface area contributed by atoms with Crippen LogP contribution in [0.25, 0.3) is 0 Å². The number of ether oxygens (including phenoxy) is 2. The van der Waals surface area contributed by atoms with Gasteiger partial charge in [0.05, 0.1) is 6.61 Å². The first-order valence-corrected chi connectivity index (χ1v) is 9.62. The summed E-state index contributed by atoms with van der Waals surface area (Å²) in [6.07, 6.45) is 1.31. The van der Waals surface area contributed by atoms with Crippen molar-refractivity contribution in [1.29, 1.82) is 0 Å². The van der Waals surface area contributed by atoms with E-state index in [0.29, 0.717) is 0 Å². The lowest BCUT2D eigenvalue weighted by atomic mass is 10.2. The molecule has 0 N–H and O–H groups in total. The zero-order valence-corrected chi connectivity index (χ0v) is 14.1. The van der Waals surface area contributed by atoms with Crippen LogP contribution < -0.4 is 0 Å². The summed E-state index contributed by atoms with van der Waals surface area (Å²) >= 11 is 0. The van der Waals surface area contributed by atoms with E-state index in [-0.39, 0.29) is 17.4 Å². The summed E-state index contributed by atoms with van der Waals surface area (Å²) in [5, 5.41) is 0.0653. The van der Waals surface area contributed by atoms with Gasteiger partial charge in [0.25, 0.3) is 0 Å². The minimum absolute atomic E-state index is 0.0653. The Morgan fingerprint density at radius 3 is 2.50 bits per heavy atom. The summed E-state index contributed by atoms with van der Waals surface area (Å²) in [5.41, 5.74) is 0. The third-order valence-electron chi connectivity index (χ3n) is 3.72. The van der Waals surface area contributed by atoms with Crippen LogP contribution in [0.3, 0.4) is 0 Å². The number of hydrogen-bond acceptors (Lipinski definition) is 5. The second-order valence-electron chi connectivity index (χ2n) is 6.44. The van der Waals surface area contributed by atoms with Crippen LogP contribution in [-0.4, -0.2) is 39.1 Å². The van der Waals surface area contributed by atoms with Gasteiger partial charge in [0.15, 0.2) is 14.1 Å². The normalized spacial score (nSPS) is 23.8. The molecular weight excluding hydrogens is 276 g/mol. The summed E-state index contributed by atoms with van der Waals surface area (Å²) in [7, 11) is -1.94. The van der Waals surface area contributed by atoms with Gasteiger partial charge in [0.2, 0.25) is 6.29 Å². The standard InChI is InChI=1S/C14H24O5Si/c1-10(15)18-13-8-7-11(16)12(19-13)9-17-20(5,6)14(2,3)4/h7-8,12-13H,9H2,1-6H3. The Balaban J connectivity index is 2.62. The summed E-state index contributed by atoms with van der Waals surface area (Å²) in [5.74, 6) is -0.606. The molecule has 0 bridgehead atoms. The number of ketones is 1. The molecule has 0 saturated heterocycles. The predicted molar refractivity (Wildman–Crippen MR) is 77.7 cm³/mol. The fourth-order valence-corrected chi connectivity index (χ4v) is 2.41. The Hall–Kier alpha value is -0.983. The minimum Gasteiger partial charge on any atom is -0.432 e. The Bertz CT molecular complexity index is 408. The molecule has 1 heterocycles. The molecule has 0 aromatic rings. The number of esters is 1. The average Bonchev–Trinajstić information content (AvgIpc) is 2.27. The molecule has 6 heteroatoms. The van der Waals surface area contributed by atoms with Crippen molar-refractivity contribution in [3.8, 4) is 0 Å². The van der Waals surface area contributed by atoms with Gasteiger partial charge in [-0.1, -0.05) is 20.8 Å². The van der Waals surface area contributed by atoms with Crippen molar-refractivity contribution in [3.63, 3.8) is 0 Å². The van der Waals surface area contributed by atoms with Crippen molar-refractivity contribution in [3.05, 3.63) is 12.2 Å². The maximum absolute atomic E-state index is 11.8. The Morgan fingerprint density at radius 1 is 1.40 bits per heavy atom. The molecule has 0 radical (unpaired) electrons. The van der Waals surface area contributed by atoms with Crippen molar-refractivity contribution in [2.75, 3.05) is 6.61 Å². The number of hydrogen-bond donors (Lipinski definition) is 0. The minimum atomic E-state index is -1.94. The molecule has 0 amide bonds. The second-order valence-corrected chi connectivity index (χ2v) is 11.2. The van der Waals surface area contributed by atoms with Crippen molar-refractivity contribution >= 4 is 20.1 Å². The molecule has 5 nitrogen and oxygen atoms in total. The molecule has 0 fully saturated rings. The summed E-state index contributed by atoms with van der Waals surface area (Å²) in [4.78, 5) is 22.7. The van der Waals surface area contributed by atoms with Gasteiger partial charge in [-0.2, -0.15) is 0 Å². The van der Waals surface area contributed by atoms with Gasteiger partial charge in [-0.05, 0) is 30.3 Å². The highest BCUT2D eigenvalue weighted by Gasteiger charge is 2.39. The molecular formula is C14H24O5Si. The van der Waals surface area contributed by atoms with E-state index in [9.17, 15) is 9.59 Å². The van der Waals surface area contributed by atoms with Gasteiger partial charge in [0, 0.05) is 6.92 Å². The molecule has 2 unspecified atom stereocenters. The highest BCUT2D eigenvalue weighted by Crippen LogP contribution is 2.36. The Morgan fingerprint density at radius 2 is 2.00 bits per heavy atom. The van der Waals surface area contributed by atoms with Gasteiger partial charge in [-0.15, -0.1) is 0 Å². The second kappa shape index (κ2) is 6.20. The molecule has 0 spiro atoms. The van der Waals surface area contributed by atoms with E-state index in [2.05, 4.69) is 33.9 Å². The number of rotatable bonds is 4. The molecule has 20 heavy (non-hydrogen) atoms. The zero-order valence-electron chi connectivity index (χ0n) is 13.1. The number of carbonyl (C=O) groups is 2. The molecule has 114 valence electrons. The van der Waals surface area contributed by atoms with Crippen molar-refractivity contribution < 1.29 is 23.5 Å². The summed E-state index contributed by atoms with van der Waals surface area (Å²) < 4.78 is 16.3. The Kier molecular flexibility index (Phi) is 5.29. The lowest BCUT2D eigenvalue weighted by Gasteiger charge is -2.37. The summed E-state index contributed by atoms with van der Waals surface area (Å²) in [6, 6.07) is 0. The zero-order chi connectivity index (χ0) is 15.6. The van der Waals surface area contributed by atoms with E-state index >= 15 is 0 Å². The van der Waals surface area contributed by atoms with E-state index in [1.165, 1.54) is 19.1 Å². The van der Waals surface area contributed by atoms with Crippen LogP contribution in [0.5, 0.6) is 0 Å². The van der Waals surface area contributed by atoms with Gasteiger partial charge in [0.1, 0.15) is 6.10 Å². The predicted octanol–water partition coefficient (Wildman–Crippen LogP) is 2.42. The van der Waals surface area contributed by atoms with Crippen molar-refractivity contribution in [1.82, 2.24) is 0 Å². The van der Waals surface area contributed by atoms with Crippen LogP contribution in [0.1, 0.15) is 27.7 Å². The quantitative estimate of drug-likeness (QED) is 0.589. The van der Waals surface area contributed by atoms with E-state index in [0.717, 1.165) is 0 Å². The smallest absolute Gasteiger partial charge is 0.305 e. The third-order valence-corrected chi connectivity index (χ3v) is 8.22. The van der Waals surface area contributed by atoms with Crippen LogP contribution in [0, 0.1) is 0 Å². The van der Waals surface area contributed by atoms with E-state index in [4.69, 9.17) is 13.9 Å². The monoisotopic (exact) mass is 300 g/mol. The topological polar surface area (TPSA) is 61.8 Å². The molecule has 0 saturated carbocycles. The van der Waals surface area contributed by atoms with Crippen LogP contribution in [0.4, 0.5) is 0 Å². The van der Waals surface area contributed by atoms with Crippen LogP contribution >= 0.6 is 0 Å². The maximum Gasteiger partial charge on any atom is 0.305 e.